The van der Waals surface area contributed by atoms with Crippen LogP contribution < -0.4 is 0 Å². The van der Waals surface area contributed by atoms with Gasteiger partial charge in [-0.25, -0.2) is 0 Å². The van der Waals surface area contributed by atoms with E-state index in [-0.39, 0.29) is 37.5 Å². The quantitative estimate of drug-likeness (QED) is 0.0199. The Labute approximate surface area is 438 Å². The molecule has 0 aliphatic heterocycles. The number of allylic oxidation sites excluding steroid dienone is 18. The van der Waals surface area contributed by atoms with E-state index in [4.69, 9.17) is 14.2 Å². The Morgan fingerprint density at radius 2 is 0.620 bits per heavy atom. The van der Waals surface area contributed by atoms with Crippen molar-refractivity contribution in [3.05, 3.63) is 109 Å². The Bertz CT molecular complexity index is 1460. The van der Waals surface area contributed by atoms with Gasteiger partial charge in [-0.05, 0) is 70.6 Å². The zero-order valence-corrected chi connectivity index (χ0v) is 46.2. The van der Waals surface area contributed by atoms with Crippen LogP contribution >= 0.6 is 0 Å². The third-order valence-electron chi connectivity index (χ3n) is 12.4. The van der Waals surface area contributed by atoms with E-state index in [9.17, 15) is 14.4 Å². The van der Waals surface area contributed by atoms with E-state index in [1.54, 1.807) is 0 Å². The first-order chi connectivity index (χ1) is 35.0. The molecule has 6 nitrogen and oxygen atoms in total. The highest BCUT2D eigenvalue weighted by molar-refractivity contribution is 5.71. The minimum absolute atomic E-state index is 0.0972. The molecule has 0 radical (unpaired) electrons. The maximum absolute atomic E-state index is 12.9. The van der Waals surface area contributed by atoms with Crippen LogP contribution in [0.1, 0.15) is 265 Å². The van der Waals surface area contributed by atoms with E-state index in [1.165, 1.54) is 135 Å². The van der Waals surface area contributed by atoms with Crippen molar-refractivity contribution in [1.29, 1.82) is 0 Å². The van der Waals surface area contributed by atoms with Crippen molar-refractivity contribution in [2.45, 2.75) is 271 Å². The Morgan fingerprint density at radius 1 is 0.310 bits per heavy atom. The second kappa shape index (κ2) is 58.6. The van der Waals surface area contributed by atoms with Gasteiger partial charge in [0.05, 0.1) is 0 Å². The van der Waals surface area contributed by atoms with Crippen LogP contribution in [0, 0.1) is 0 Å². The van der Waals surface area contributed by atoms with Crippen LogP contribution in [0.25, 0.3) is 0 Å². The maximum atomic E-state index is 12.9. The fourth-order valence-electron chi connectivity index (χ4n) is 8.08. The molecule has 0 aliphatic carbocycles. The van der Waals surface area contributed by atoms with Crippen LogP contribution in [0.3, 0.4) is 0 Å². The van der Waals surface area contributed by atoms with Crippen LogP contribution in [-0.2, 0) is 28.6 Å². The lowest BCUT2D eigenvalue weighted by Crippen LogP contribution is -2.30. The molecular formula is C65H108O6. The molecule has 0 aromatic rings. The molecule has 0 saturated carbocycles. The first-order valence-electron chi connectivity index (χ1n) is 29.5. The van der Waals surface area contributed by atoms with E-state index in [1.807, 2.05) is 60.8 Å². The molecule has 0 aromatic carbocycles. The molecule has 404 valence electrons. The number of esters is 3. The predicted octanol–water partition coefficient (Wildman–Crippen LogP) is 19.9. The van der Waals surface area contributed by atoms with Crippen molar-refractivity contribution in [1.82, 2.24) is 0 Å². The van der Waals surface area contributed by atoms with Gasteiger partial charge in [-0.2, -0.15) is 0 Å². The van der Waals surface area contributed by atoms with Crippen LogP contribution in [0.2, 0.25) is 0 Å². The van der Waals surface area contributed by atoms with E-state index in [0.29, 0.717) is 19.3 Å². The second-order valence-electron chi connectivity index (χ2n) is 19.3. The zero-order chi connectivity index (χ0) is 51.4. The van der Waals surface area contributed by atoms with E-state index in [2.05, 4.69) is 69.4 Å². The number of hydrogen-bond acceptors (Lipinski definition) is 6. The number of carbonyl (C=O) groups is 3. The van der Waals surface area contributed by atoms with Crippen LogP contribution in [0.5, 0.6) is 0 Å². The van der Waals surface area contributed by atoms with Crippen LogP contribution in [0.4, 0.5) is 0 Å². The summed E-state index contributed by atoms with van der Waals surface area (Å²) < 4.78 is 16.9. The van der Waals surface area contributed by atoms with Gasteiger partial charge in [0.15, 0.2) is 6.10 Å². The highest BCUT2D eigenvalue weighted by Gasteiger charge is 2.19. The minimum Gasteiger partial charge on any atom is -0.462 e. The number of unbranched alkanes of at least 4 members (excludes halogenated alkanes) is 28. The standard InChI is InChI=1S/C65H108O6/c1-4-7-10-13-16-19-22-25-28-31-32-35-37-40-43-46-49-52-55-58-64(67)70-61-62(71-65(68)59-56-53-50-47-44-41-38-34-30-27-24-21-18-15-12-9-6-3)60-69-63(66)57-54-51-48-45-42-39-36-33-29-26-23-20-17-14-11-8-5-2/h7,9-10,12,15-16,18-19,21,24-25,27-28,30,34,38,41,44,62H,4-6,8,11,13-14,17,20,22-23,26,29,31-33,35-37,39-40,42-43,45-61H2,1-3H3/b10-7-,12-9-,18-15-,19-16-,24-21-,28-25-,30-27-,38-34+,44-41-. The number of ether oxygens (including phenoxy) is 3. The molecule has 71 heavy (non-hydrogen) atoms. The lowest BCUT2D eigenvalue weighted by atomic mass is 10.0. The fraction of sp³-hybridized carbons (Fsp3) is 0.677. The first-order valence-corrected chi connectivity index (χ1v) is 29.5. The van der Waals surface area contributed by atoms with E-state index in [0.717, 1.165) is 83.5 Å². The molecule has 0 rings (SSSR count). The number of hydrogen-bond donors (Lipinski definition) is 0. The van der Waals surface area contributed by atoms with Crippen LogP contribution in [0.15, 0.2) is 109 Å². The first kappa shape index (κ1) is 67.1. The number of rotatable bonds is 52. The Hall–Kier alpha value is -3.93. The summed E-state index contributed by atoms with van der Waals surface area (Å²) in [7, 11) is 0. The molecule has 6 heteroatoms. The SMILES string of the molecule is CC\C=C/C=C\C=C/C=C\C=C\C=C/CCCCCC(=O)OC(COC(=O)CCCCCCCCCCC/C=C\C/C=C\C/C=C\CC)COC(=O)CCCCCCCCCCCCCCCCCCC. The van der Waals surface area contributed by atoms with Gasteiger partial charge in [0.1, 0.15) is 13.2 Å². The predicted molar refractivity (Wildman–Crippen MR) is 307 cm³/mol. The average Bonchev–Trinajstić information content (AvgIpc) is 3.37. The van der Waals surface area contributed by atoms with Crippen molar-refractivity contribution in [2.75, 3.05) is 13.2 Å². The molecule has 0 aliphatic rings. The van der Waals surface area contributed by atoms with Crippen molar-refractivity contribution in [3.8, 4) is 0 Å². The third kappa shape index (κ3) is 56.9. The topological polar surface area (TPSA) is 78.9 Å². The molecule has 0 saturated heterocycles. The van der Waals surface area contributed by atoms with Gasteiger partial charge in [0.2, 0.25) is 0 Å². The zero-order valence-electron chi connectivity index (χ0n) is 46.2. The molecule has 1 atom stereocenters. The lowest BCUT2D eigenvalue weighted by Gasteiger charge is -2.18. The number of carbonyl (C=O) groups excluding carboxylic acids is 3. The summed E-state index contributed by atoms with van der Waals surface area (Å²) >= 11 is 0. The summed E-state index contributed by atoms with van der Waals surface area (Å²) in [5.74, 6) is -0.941. The van der Waals surface area contributed by atoms with Gasteiger partial charge in [-0.3, -0.25) is 14.4 Å². The van der Waals surface area contributed by atoms with Crippen molar-refractivity contribution < 1.29 is 28.6 Å². The highest BCUT2D eigenvalue weighted by Crippen LogP contribution is 2.16. The normalized spacial score (nSPS) is 12.9. The van der Waals surface area contributed by atoms with Gasteiger partial charge in [0, 0.05) is 19.3 Å². The minimum atomic E-state index is -0.805. The van der Waals surface area contributed by atoms with Crippen molar-refractivity contribution in [3.63, 3.8) is 0 Å². The van der Waals surface area contributed by atoms with E-state index < -0.39 is 6.10 Å². The molecule has 0 bridgehead atoms. The van der Waals surface area contributed by atoms with Gasteiger partial charge in [-0.1, -0.05) is 284 Å². The second-order valence-corrected chi connectivity index (χ2v) is 19.3. The van der Waals surface area contributed by atoms with Gasteiger partial charge < -0.3 is 14.2 Å². The molecule has 0 aromatic heterocycles. The Balaban J connectivity index is 4.46. The third-order valence-corrected chi connectivity index (χ3v) is 12.4. The Morgan fingerprint density at radius 3 is 1.04 bits per heavy atom. The highest BCUT2D eigenvalue weighted by atomic mass is 16.6. The van der Waals surface area contributed by atoms with Crippen molar-refractivity contribution >= 4 is 17.9 Å². The van der Waals surface area contributed by atoms with Gasteiger partial charge in [0.25, 0.3) is 0 Å². The summed E-state index contributed by atoms with van der Waals surface area (Å²) in [5.41, 5.74) is 0. The largest absolute Gasteiger partial charge is 0.462 e. The van der Waals surface area contributed by atoms with Crippen LogP contribution in [-0.4, -0.2) is 37.2 Å². The van der Waals surface area contributed by atoms with E-state index >= 15 is 0 Å². The molecule has 0 amide bonds. The molecule has 1 unspecified atom stereocenters. The summed E-state index contributed by atoms with van der Waals surface area (Å²) in [6.45, 7) is 6.36. The molecule has 0 spiro atoms. The van der Waals surface area contributed by atoms with Gasteiger partial charge in [-0.15, -0.1) is 0 Å². The summed E-state index contributed by atoms with van der Waals surface area (Å²) in [5, 5.41) is 0. The molecule has 0 N–H and O–H groups in total. The maximum Gasteiger partial charge on any atom is 0.306 e. The smallest absolute Gasteiger partial charge is 0.306 e. The Kier molecular flexibility index (Phi) is 55.4. The monoisotopic (exact) mass is 985 g/mol. The fourth-order valence-corrected chi connectivity index (χ4v) is 8.08. The van der Waals surface area contributed by atoms with Crippen molar-refractivity contribution in [2.24, 2.45) is 0 Å². The summed E-state index contributed by atoms with van der Waals surface area (Å²) in [6.07, 6.45) is 79.3. The lowest BCUT2D eigenvalue weighted by molar-refractivity contribution is -0.167. The van der Waals surface area contributed by atoms with Gasteiger partial charge >= 0.3 is 17.9 Å². The summed E-state index contributed by atoms with van der Waals surface area (Å²) in [4.78, 5) is 38.2. The molecule has 0 heterocycles. The summed E-state index contributed by atoms with van der Waals surface area (Å²) in [6, 6.07) is 0. The molecule has 0 fully saturated rings. The average molecular weight is 986 g/mol. The molecular weight excluding hydrogens is 877 g/mol.